The van der Waals surface area contributed by atoms with Crippen molar-refractivity contribution in [2.24, 2.45) is 0 Å². The lowest BCUT2D eigenvalue weighted by Gasteiger charge is -2.19. The van der Waals surface area contributed by atoms with Gasteiger partial charge in [0.05, 0.1) is 18.8 Å². The predicted octanol–water partition coefficient (Wildman–Crippen LogP) is 0.724. The molecule has 0 bridgehead atoms. The molecule has 1 atom stereocenters. The zero-order valence-electron chi connectivity index (χ0n) is 8.58. The highest BCUT2D eigenvalue weighted by molar-refractivity contribution is 4.59. The van der Waals surface area contributed by atoms with Crippen molar-refractivity contribution in [3.8, 4) is 0 Å². The fourth-order valence-corrected chi connectivity index (χ4v) is 0.845. The van der Waals surface area contributed by atoms with E-state index in [2.05, 4.69) is 11.8 Å². The minimum Gasteiger partial charge on any atom is -0.389 e. The Kier molecular flexibility index (Phi) is 6.34. The van der Waals surface area contributed by atoms with E-state index in [4.69, 9.17) is 4.74 Å². The SMILES string of the molecule is CCN(C)CC(O)COC(C)C. The Morgan fingerprint density at radius 3 is 2.42 bits per heavy atom. The quantitative estimate of drug-likeness (QED) is 0.646. The Morgan fingerprint density at radius 1 is 1.42 bits per heavy atom. The zero-order valence-corrected chi connectivity index (χ0v) is 8.58. The van der Waals surface area contributed by atoms with E-state index in [0.717, 1.165) is 6.54 Å². The van der Waals surface area contributed by atoms with E-state index in [0.29, 0.717) is 13.2 Å². The lowest BCUT2D eigenvalue weighted by molar-refractivity contribution is -0.00502. The molecule has 0 aliphatic carbocycles. The number of nitrogens with zero attached hydrogens (tertiary/aromatic N) is 1. The summed E-state index contributed by atoms with van der Waals surface area (Å²) in [4.78, 5) is 2.06. The third-order valence-electron chi connectivity index (χ3n) is 1.68. The monoisotopic (exact) mass is 175 g/mol. The third kappa shape index (κ3) is 6.58. The first-order valence-electron chi connectivity index (χ1n) is 4.54. The van der Waals surface area contributed by atoms with Crippen LogP contribution in [0, 0.1) is 0 Å². The Labute approximate surface area is 75.3 Å². The first kappa shape index (κ1) is 11.9. The third-order valence-corrected chi connectivity index (χ3v) is 1.68. The minimum atomic E-state index is -0.364. The lowest BCUT2D eigenvalue weighted by Crippen LogP contribution is -2.32. The van der Waals surface area contributed by atoms with Crippen molar-refractivity contribution in [1.82, 2.24) is 4.90 Å². The van der Waals surface area contributed by atoms with Crippen LogP contribution in [0.3, 0.4) is 0 Å². The zero-order chi connectivity index (χ0) is 9.56. The van der Waals surface area contributed by atoms with Gasteiger partial charge in [0.1, 0.15) is 0 Å². The summed E-state index contributed by atoms with van der Waals surface area (Å²) < 4.78 is 5.27. The van der Waals surface area contributed by atoms with E-state index in [-0.39, 0.29) is 12.2 Å². The largest absolute Gasteiger partial charge is 0.389 e. The molecule has 12 heavy (non-hydrogen) atoms. The standard InChI is InChI=1S/C9H21NO2/c1-5-10(4)6-9(11)7-12-8(2)3/h8-9,11H,5-7H2,1-4H3. The summed E-state index contributed by atoms with van der Waals surface area (Å²) in [6, 6.07) is 0. The van der Waals surface area contributed by atoms with E-state index < -0.39 is 0 Å². The van der Waals surface area contributed by atoms with Gasteiger partial charge in [-0.25, -0.2) is 0 Å². The molecule has 0 saturated heterocycles. The Morgan fingerprint density at radius 2 is 2.00 bits per heavy atom. The molecule has 0 amide bonds. The summed E-state index contributed by atoms with van der Waals surface area (Å²) >= 11 is 0. The second kappa shape index (κ2) is 6.40. The van der Waals surface area contributed by atoms with Crippen molar-refractivity contribution < 1.29 is 9.84 Å². The van der Waals surface area contributed by atoms with Crippen LogP contribution < -0.4 is 0 Å². The van der Waals surface area contributed by atoms with Crippen LogP contribution in [-0.4, -0.2) is 49.0 Å². The molecule has 0 aliphatic rings. The van der Waals surface area contributed by atoms with Crippen molar-refractivity contribution in [1.29, 1.82) is 0 Å². The molecule has 0 aromatic rings. The van der Waals surface area contributed by atoms with Crippen LogP contribution in [0.15, 0.2) is 0 Å². The Bertz CT molecular complexity index is 107. The van der Waals surface area contributed by atoms with Gasteiger partial charge in [-0.3, -0.25) is 0 Å². The number of hydrogen-bond acceptors (Lipinski definition) is 3. The van der Waals surface area contributed by atoms with Crippen LogP contribution >= 0.6 is 0 Å². The molecule has 0 radical (unpaired) electrons. The van der Waals surface area contributed by atoms with Crippen molar-refractivity contribution in [2.45, 2.75) is 33.0 Å². The molecule has 74 valence electrons. The maximum absolute atomic E-state index is 9.43. The molecule has 3 nitrogen and oxygen atoms in total. The topological polar surface area (TPSA) is 32.7 Å². The number of aliphatic hydroxyl groups is 1. The molecular formula is C9H21NO2. The van der Waals surface area contributed by atoms with Crippen molar-refractivity contribution in [2.75, 3.05) is 26.7 Å². The number of hydrogen-bond donors (Lipinski definition) is 1. The van der Waals surface area contributed by atoms with Crippen LogP contribution in [0.4, 0.5) is 0 Å². The van der Waals surface area contributed by atoms with Gasteiger partial charge in [-0.1, -0.05) is 6.92 Å². The Balaban J connectivity index is 3.39. The average molecular weight is 175 g/mol. The first-order chi connectivity index (χ1) is 5.56. The number of ether oxygens (including phenoxy) is 1. The van der Waals surface area contributed by atoms with Crippen LogP contribution in [0.25, 0.3) is 0 Å². The second-order valence-corrected chi connectivity index (χ2v) is 3.39. The van der Waals surface area contributed by atoms with Gasteiger partial charge in [-0.05, 0) is 27.4 Å². The van der Waals surface area contributed by atoms with Gasteiger partial charge in [0, 0.05) is 6.54 Å². The second-order valence-electron chi connectivity index (χ2n) is 3.39. The van der Waals surface area contributed by atoms with Crippen LogP contribution in [0.2, 0.25) is 0 Å². The van der Waals surface area contributed by atoms with Crippen LogP contribution in [-0.2, 0) is 4.74 Å². The highest BCUT2D eigenvalue weighted by Crippen LogP contribution is 1.93. The van der Waals surface area contributed by atoms with E-state index in [1.165, 1.54) is 0 Å². The molecule has 0 aliphatic heterocycles. The van der Waals surface area contributed by atoms with Gasteiger partial charge in [0.15, 0.2) is 0 Å². The summed E-state index contributed by atoms with van der Waals surface area (Å²) in [5.41, 5.74) is 0. The van der Waals surface area contributed by atoms with E-state index in [1.54, 1.807) is 0 Å². The summed E-state index contributed by atoms with van der Waals surface area (Å²) in [5, 5.41) is 9.43. The molecule has 3 heteroatoms. The molecule has 0 rings (SSSR count). The van der Waals surface area contributed by atoms with E-state index in [9.17, 15) is 5.11 Å². The maximum Gasteiger partial charge on any atom is 0.0900 e. The summed E-state index contributed by atoms with van der Waals surface area (Å²) in [6.07, 6.45) is -0.163. The highest BCUT2D eigenvalue weighted by atomic mass is 16.5. The normalized spacial score (nSPS) is 14.2. The van der Waals surface area contributed by atoms with Crippen LogP contribution in [0.5, 0.6) is 0 Å². The Hall–Kier alpha value is -0.120. The van der Waals surface area contributed by atoms with Gasteiger partial charge < -0.3 is 14.7 Å². The molecule has 0 spiro atoms. The number of rotatable bonds is 6. The number of likely N-dealkylation sites (N-methyl/N-ethyl adjacent to an activating group) is 1. The summed E-state index contributed by atoms with van der Waals surface area (Å²) in [6.45, 7) is 8.08. The maximum atomic E-state index is 9.43. The summed E-state index contributed by atoms with van der Waals surface area (Å²) in [5.74, 6) is 0. The van der Waals surface area contributed by atoms with E-state index in [1.807, 2.05) is 20.9 Å². The highest BCUT2D eigenvalue weighted by Gasteiger charge is 2.07. The van der Waals surface area contributed by atoms with E-state index >= 15 is 0 Å². The van der Waals surface area contributed by atoms with Crippen molar-refractivity contribution in [3.63, 3.8) is 0 Å². The molecule has 0 aromatic carbocycles. The molecule has 0 saturated carbocycles. The van der Waals surface area contributed by atoms with Gasteiger partial charge in [-0.15, -0.1) is 0 Å². The fourth-order valence-electron chi connectivity index (χ4n) is 0.845. The van der Waals surface area contributed by atoms with Gasteiger partial charge >= 0.3 is 0 Å². The minimum absolute atomic E-state index is 0.201. The predicted molar refractivity (Wildman–Crippen MR) is 50.3 cm³/mol. The van der Waals surface area contributed by atoms with Gasteiger partial charge in [0.25, 0.3) is 0 Å². The van der Waals surface area contributed by atoms with Crippen molar-refractivity contribution in [3.05, 3.63) is 0 Å². The molecule has 1 unspecified atom stereocenters. The molecule has 1 N–H and O–H groups in total. The number of aliphatic hydroxyl groups excluding tert-OH is 1. The van der Waals surface area contributed by atoms with Gasteiger partial charge in [0.2, 0.25) is 0 Å². The molecule has 0 fully saturated rings. The fraction of sp³-hybridized carbons (Fsp3) is 1.00. The summed E-state index contributed by atoms with van der Waals surface area (Å²) in [7, 11) is 1.98. The lowest BCUT2D eigenvalue weighted by atomic mass is 10.3. The first-order valence-corrected chi connectivity index (χ1v) is 4.54. The molecular weight excluding hydrogens is 154 g/mol. The van der Waals surface area contributed by atoms with Crippen molar-refractivity contribution >= 4 is 0 Å². The average Bonchev–Trinajstić information content (AvgIpc) is 2.00. The smallest absolute Gasteiger partial charge is 0.0900 e. The molecule has 0 heterocycles. The van der Waals surface area contributed by atoms with Gasteiger partial charge in [-0.2, -0.15) is 0 Å². The van der Waals surface area contributed by atoms with Crippen LogP contribution in [0.1, 0.15) is 20.8 Å². The molecule has 0 aromatic heterocycles.